The number of ether oxygens (including phenoxy) is 1. The van der Waals surface area contributed by atoms with Gasteiger partial charge in [-0.15, -0.1) is 0 Å². The van der Waals surface area contributed by atoms with E-state index >= 15 is 0 Å². The molecule has 6 nitrogen and oxygen atoms in total. The summed E-state index contributed by atoms with van der Waals surface area (Å²) in [4.78, 5) is 11.5. The Hall–Kier alpha value is -0.660. The molecule has 1 fully saturated rings. The van der Waals surface area contributed by atoms with Crippen LogP contribution in [0.5, 0.6) is 0 Å². The van der Waals surface area contributed by atoms with Crippen LogP contribution >= 0.6 is 0 Å². The molecule has 0 unspecified atom stereocenters. The van der Waals surface area contributed by atoms with Gasteiger partial charge in [-0.3, -0.25) is 0 Å². The topological polar surface area (TPSA) is 78.9 Å². The molecule has 0 radical (unpaired) electrons. The molecule has 1 aliphatic rings. The Labute approximate surface area is 95.2 Å². The summed E-state index contributed by atoms with van der Waals surface area (Å²) in [6, 6.07) is 0. The molecule has 0 bridgehead atoms. The Morgan fingerprint density at radius 3 is 2.31 bits per heavy atom. The van der Waals surface area contributed by atoms with E-state index in [2.05, 4.69) is 4.18 Å². The van der Waals surface area contributed by atoms with E-state index < -0.39 is 34.0 Å². The highest BCUT2D eigenvalue weighted by Gasteiger charge is 2.50. The minimum atomic E-state index is -4.09. The Morgan fingerprint density at radius 2 is 1.88 bits per heavy atom. The molecule has 1 rings (SSSR count). The molecule has 0 aromatic carbocycles. The van der Waals surface area contributed by atoms with Crippen molar-refractivity contribution in [1.29, 1.82) is 0 Å². The maximum absolute atomic E-state index is 11.5. The van der Waals surface area contributed by atoms with Crippen LogP contribution in [0.15, 0.2) is 0 Å². The first-order valence-electron chi connectivity index (χ1n) is 4.95. The van der Waals surface area contributed by atoms with Crippen molar-refractivity contribution in [2.24, 2.45) is 5.41 Å². The van der Waals surface area contributed by atoms with Crippen LogP contribution < -0.4 is 0 Å². The van der Waals surface area contributed by atoms with Crippen molar-refractivity contribution >= 4 is 16.4 Å². The lowest BCUT2D eigenvalue weighted by atomic mass is 9.86. The zero-order valence-electron chi connectivity index (χ0n) is 9.72. The number of hydrogen-bond donors (Lipinski definition) is 0. The summed E-state index contributed by atoms with van der Waals surface area (Å²) in [7, 11) is -4.09. The van der Waals surface area contributed by atoms with E-state index in [4.69, 9.17) is 8.92 Å². The van der Waals surface area contributed by atoms with Crippen LogP contribution in [-0.2, 0) is 28.3 Å². The van der Waals surface area contributed by atoms with Crippen LogP contribution in [0.4, 0.5) is 0 Å². The molecule has 0 aromatic heterocycles. The van der Waals surface area contributed by atoms with Gasteiger partial charge in [0.2, 0.25) is 6.10 Å². The van der Waals surface area contributed by atoms with E-state index in [-0.39, 0.29) is 6.61 Å². The quantitative estimate of drug-likeness (QED) is 0.670. The summed E-state index contributed by atoms with van der Waals surface area (Å²) >= 11 is 0. The second-order valence-electron chi connectivity index (χ2n) is 4.56. The first kappa shape index (κ1) is 13.4. The predicted molar refractivity (Wildman–Crippen MR) is 54.8 cm³/mol. The summed E-state index contributed by atoms with van der Waals surface area (Å²) in [6.07, 6.45) is -2.08. The monoisotopic (exact) mass is 252 g/mol. The van der Waals surface area contributed by atoms with Crippen LogP contribution in [-0.4, -0.2) is 33.2 Å². The summed E-state index contributed by atoms with van der Waals surface area (Å²) in [5.74, 6) is -0.719. The maximum Gasteiger partial charge on any atom is 0.401 e. The van der Waals surface area contributed by atoms with Gasteiger partial charge in [0.25, 0.3) is 0 Å². The fourth-order valence-electron chi connectivity index (χ4n) is 1.36. The summed E-state index contributed by atoms with van der Waals surface area (Å²) < 4.78 is 36.4. The van der Waals surface area contributed by atoms with Crippen LogP contribution in [0.3, 0.4) is 0 Å². The van der Waals surface area contributed by atoms with Gasteiger partial charge < -0.3 is 4.74 Å². The van der Waals surface area contributed by atoms with Crippen molar-refractivity contribution in [2.75, 3.05) is 6.61 Å². The van der Waals surface area contributed by atoms with Crippen molar-refractivity contribution < 1.29 is 26.3 Å². The van der Waals surface area contributed by atoms with E-state index in [1.807, 2.05) is 0 Å². The van der Waals surface area contributed by atoms with Crippen LogP contribution in [0.2, 0.25) is 0 Å². The third-order valence-corrected chi connectivity index (χ3v) is 2.98. The zero-order chi connectivity index (χ0) is 12.6. The molecule has 0 amide bonds. The predicted octanol–water partition coefficient (Wildman–Crippen LogP) is 0.624. The lowest BCUT2D eigenvalue weighted by Crippen LogP contribution is -2.41. The summed E-state index contributed by atoms with van der Waals surface area (Å²) in [6.45, 7) is 7.07. The largest absolute Gasteiger partial charge is 0.464 e. The van der Waals surface area contributed by atoms with E-state index in [1.54, 1.807) is 27.7 Å². The van der Waals surface area contributed by atoms with E-state index in [0.717, 1.165) is 0 Å². The molecule has 0 aliphatic carbocycles. The van der Waals surface area contributed by atoms with Crippen molar-refractivity contribution in [3.8, 4) is 0 Å². The minimum absolute atomic E-state index is 0.162. The van der Waals surface area contributed by atoms with Gasteiger partial charge in [0.05, 0.1) is 6.61 Å². The molecule has 1 saturated heterocycles. The fourth-order valence-corrected chi connectivity index (χ4v) is 2.49. The normalized spacial score (nSPS) is 29.0. The van der Waals surface area contributed by atoms with Gasteiger partial charge in [-0.25, -0.2) is 13.2 Å². The Bertz CT molecular complexity index is 366. The Kier molecular flexibility index (Phi) is 3.61. The molecule has 94 valence electrons. The van der Waals surface area contributed by atoms with Crippen molar-refractivity contribution in [1.82, 2.24) is 0 Å². The molecular weight excluding hydrogens is 236 g/mol. The highest BCUT2D eigenvalue weighted by Crippen LogP contribution is 2.34. The zero-order valence-corrected chi connectivity index (χ0v) is 10.5. The van der Waals surface area contributed by atoms with Gasteiger partial charge in [-0.1, -0.05) is 20.8 Å². The van der Waals surface area contributed by atoms with Crippen molar-refractivity contribution in [3.63, 3.8) is 0 Å². The van der Waals surface area contributed by atoms with Gasteiger partial charge in [-0.05, 0) is 12.3 Å². The smallest absolute Gasteiger partial charge is 0.401 e. The highest BCUT2D eigenvalue weighted by atomic mass is 32.3. The van der Waals surface area contributed by atoms with Gasteiger partial charge in [0, 0.05) is 0 Å². The number of hydrogen-bond acceptors (Lipinski definition) is 6. The average Bonchev–Trinajstić information content (AvgIpc) is 2.41. The molecular formula is C9H16O6S. The lowest BCUT2D eigenvalue weighted by Gasteiger charge is -2.26. The molecule has 0 saturated carbocycles. The standard InChI is InChI=1S/C9H16O6S/c1-5-13-8(10)6-7(9(2,3)4)15-16(11,12)14-6/h6-7H,5H2,1-4H3/t6-,7-/m0/s1. The summed E-state index contributed by atoms with van der Waals surface area (Å²) in [5.41, 5.74) is -0.541. The minimum Gasteiger partial charge on any atom is -0.464 e. The summed E-state index contributed by atoms with van der Waals surface area (Å²) in [5, 5.41) is 0. The number of rotatable bonds is 2. The molecule has 16 heavy (non-hydrogen) atoms. The van der Waals surface area contributed by atoms with Crippen molar-refractivity contribution in [2.45, 2.75) is 39.9 Å². The first-order valence-corrected chi connectivity index (χ1v) is 6.29. The lowest BCUT2D eigenvalue weighted by molar-refractivity contribution is -0.154. The van der Waals surface area contributed by atoms with E-state index in [1.165, 1.54) is 0 Å². The van der Waals surface area contributed by atoms with Gasteiger partial charge >= 0.3 is 16.4 Å². The maximum atomic E-state index is 11.5. The van der Waals surface area contributed by atoms with Crippen LogP contribution in [0.25, 0.3) is 0 Å². The highest BCUT2D eigenvalue weighted by molar-refractivity contribution is 7.82. The average molecular weight is 252 g/mol. The molecule has 1 aliphatic heterocycles. The third kappa shape index (κ3) is 2.93. The van der Waals surface area contributed by atoms with Gasteiger partial charge in [0.15, 0.2) is 0 Å². The van der Waals surface area contributed by atoms with Crippen LogP contribution in [0, 0.1) is 5.41 Å². The number of carbonyl (C=O) groups is 1. The SMILES string of the molecule is CCOC(=O)[C@H]1OS(=O)(=O)O[C@@H]1C(C)(C)C. The second-order valence-corrected chi connectivity index (χ2v) is 5.76. The van der Waals surface area contributed by atoms with Crippen LogP contribution in [0.1, 0.15) is 27.7 Å². The molecule has 7 heteroatoms. The second kappa shape index (κ2) is 4.31. The Balaban J connectivity index is 2.93. The Morgan fingerprint density at radius 1 is 1.31 bits per heavy atom. The third-order valence-electron chi connectivity index (χ3n) is 2.09. The van der Waals surface area contributed by atoms with Gasteiger partial charge in [0.1, 0.15) is 6.10 Å². The molecule has 0 aromatic rings. The van der Waals surface area contributed by atoms with E-state index in [9.17, 15) is 13.2 Å². The number of carbonyl (C=O) groups excluding carboxylic acids is 1. The van der Waals surface area contributed by atoms with E-state index in [0.29, 0.717) is 0 Å². The van der Waals surface area contributed by atoms with Crippen molar-refractivity contribution in [3.05, 3.63) is 0 Å². The molecule has 0 spiro atoms. The fraction of sp³-hybridized carbons (Fsp3) is 0.889. The molecule has 1 heterocycles. The van der Waals surface area contributed by atoms with Gasteiger partial charge in [-0.2, -0.15) is 8.42 Å². The number of esters is 1. The first-order chi connectivity index (χ1) is 7.17. The molecule has 2 atom stereocenters. The molecule has 0 N–H and O–H groups in total.